The molecular formula is C18H22N2O. The van der Waals surface area contributed by atoms with Crippen molar-refractivity contribution in [2.24, 2.45) is 0 Å². The standard InChI is InChI=1S/C18H22N2O/c1-2-11-19-12-14(21)13-20-17-9-5-3-7-15(17)16-8-4-6-10-18(16)20/h3-10,14,19,21H,2,11-13H2,1H3. The van der Waals surface area contributed by atoms with Crippen LogP contribution in [-0.4, -0.2) is 28.9 Å². The molecule has 1 aromatic heterocycles. The topological polar surface area (TPSA) is 37.2 Å². The second-order valence-corrected chi connectivity index (χ2v) is 5.50. The van der Waals surface area contributed by atoms with E-state index in [0.29, 0.717) is 13.1 Å². The van der Waals surface area contributed by atoms with Crippen LogP contribution in [0, 0.1) is 0 Å². The molecule has 0 aliphatic carbocycles. The third kappa shape index (κ3) is 2.80. The van der Waals surface area contributed by atoms with Crippen LogP contribution in [0.25, 0.3) is 21.8 Å². The Morgan fingerprint density at radius 2 is 1.57 bits per heavy atom. The van der Waals surface area contributed by atoms with E-state index < -0.39 is 0 Å². The van der Waals surface area contributed by atoms with Gasteiger partial charge in [-0.3, -0.25) is 0 Å². The maximum absolute atomic E-state index is 10.3. The normalized spacial score (nSPS) is 13.0. The number of hydrogen-bond acceptors (Lipinski definition) is 2. The van der Waals surface area contributed by atoms with Crippen LogP contribution in [0.4, 0.5) is 0 Å². The van der Waals surface area contributed by atoms with E-state index in [1.165, 1.54) is 21.8 Å². The molecule has 110 valence electrons. The van der Waals surface area contributed by atoms with E-state index in [2.05, 4.69) is 65.3 Å². The third-order valence-corrected chi connectivity index (χ3v) is 3.88. The zero-order valence-corrected chi connectivity index (χ0v) is 12.4. The number of hydrogen-bond donors (Lipinski definition) is 2. The highest BCUT2D eigenvalue weighted by molar-refractivity contribution is 6.07. The van der Waals surface area contributed by atoms with Gasteiger partial charge in [0.2, 0.25) is 0 Å². The lowest BCUT2D eigenvalue weighted by atomic mass is 10.2. The van der Waals surface area contributed by atoms with E-state index in [1.54, 1.807) is 0 Å². The van der Waals surface area contributed by atoms with Gasteiger partial charge in [-0.1, -0.05) is 43.3 Å². The summed E-state index contributed by atoms with van der Waals surface area (Å²) in [6.07, 6.45) is 0.706. The van der Waals surface area contributed by atoms with Gasteiger partial charge < -0.3 is 15.0 Å². The Morgan fingerprint density at radius 1 is 1.00 bits per heavy atom. The number of para-hydroxylation sites is 2. The van der Waals surface area contributed by atoms with Crippen molar-refractivity contribution in [1.82, 2.24) is 9.88 Å². The summed E-state index contributed by atoms with van der Waals surface area (Å²) < 4.78 is 2.23. The first kappa shape index (κ1) is 14.1. The Labute approximate surface area is 125 Å². The van der Waals surface area contributed by atoms with Crippen molar-refractivity contribution < 1.29 is 5.11 Å². The minimum Gasteiger partial charge on any atom is -0.390 e. The summed E-state index contributed by atoms with van der Waals surface area (Å²) >= 11 is 0. The summed E-state index contributed by atoms with van der Waals surface area (Å²) in [6.45, 7) is 4.33. The second kappa shape index (κ2) is 6.29. The predicted octanol–water partition coefficient (Wildman–Crippen LogP) is 3.16. The molecule has 0 amide bonds. The van der Waals surface area contributed by atoms with Crippen LogP contribution in [0.1, 0.15) is 13.3 Å². The van der Waals surface area contributed by atoms with Crippen molar-refractivity contribution in [2.45, 2.75) is 26.0 Å². The van der Waals surface area contributed by atoms with Crippen molar-refractivity contribution in [1.29, 1.82) is 0 Å². The first-order valence-electron chi connectivity index (χ1n) is 7.66. The molecule has 3 aromatic rings. The summed E-state index contributed by atoms with van der Waals surface area (Å²) in [5.41, 5.74) is 2.38. The van der Waals surface area contributed by atoms with Gasteiger partial charge in [-0.2, -0.15) is 0 Å². The van der Waals surface area contributed by atoms with Crippen molar-refractivity contribution in [3.8, 4) is 0 Å². The summed E-state index contributed by atoms with van der Waals surface area (Å²) in [5.74, 6) is 0. The van der Waals surface area contributed by atoms with Gasteiger partial charge in [-0.15, -0.1) is 0 Å². The van der Waals surface area contributed by atoms with E-state index in [0.717, 1.165) is 13.0 Å². The fourth-order valence-corrected chi connectivity index (χ4v) is 2.92. The van der Waals surface area contributed by atoms with Gasteiger partial charge in [0.05, 0.1) is 12.6 Å². The largest absolute Gasteiger partial charge is 0.390 e. The Balaban J connectivity index is 1.96. The molecule has 0 radical (unpaired) electrons. The van der Waals surface area contributed by atoms with Crippen LogP contribution in [0.2, 0.25) is 0 Å². The molecule has 1 heterocycles. The molecule has 0 saturated heterocycles. The number of benzene rings is 2. The molecule has 1 unspecified atom stereocenters. The summed E-state index contributed by atoms with van der Waals surface area (Å²) in [5, 5.41) is 16.1. The first-order valence-corrected chi connectivity index (χ1v) is 7.66. The maximum atomic E-state index is 10.3. The molecule has 3 rings (SSSR count). The van der Waals surface area contributed by atoms with E-state index in [1.807, 2.05) is 0 Å². The number of nitrogens with one attached hydrogen (secondary N) is 1. The van der Waals surface area contributed by atoms with Gasteiger partial charge in [0, 0.05) is 28.4 Å². The number of nitrogens with zero attached hydrogens (tertiary/aromatic N) is 1. The van der Waals surface area contributed by atoms with Crippen molar-refractivity contribution >= 4 is 21.8 Å². The first-order chi connectivity index (χ1) is 10.3. The molecule has 3 heteroatoms. The fourth-order valence-electron chi connectivity index (χ4n) is 2.92. The molecule has 2 N–H and O–H groups in total. The summed E-state index contributed by atoms with van der Waals surface area (Å²) in [6, 6.07) is 16.8. The molecule has 0 bridgehead atoms. The molecule has 0 saturated carbocycles. The molecule has 1 atom stereocenters. The Kier molecular flexibility index (Phi) is 4.23. The van der Waals surface area contributed by atoms with E-state index >= 15 is 0 Å². The van der Waals surface area contributed by atoms with Gasteiger partial charge >= 0.3 is 0 Å². The Hall–Kier alpha value is -1.84. The molecule has 0 aliphatic rings. The van der Waals surface area contributed by atoms with E-state index in [-0.39, 0.29) is 6.10 Å². The van der Waals surface area contributed by atoms with Crippen LogP contribution in [0.15, 0.2) is 48.5 Å². The average Bonchev–Trinajstić information content (AvgIpc) is 2.83. The molecule has 2 aromatic carbocycles. The van der Waals surface area contributed by atoms with Gasteiger partial charge in [-0.25, -0.2) is 0 Å². The smallest absolute Gasteiger partial charge is 0.0843 e. The van der Waals surface area contributed by atoms with Crippen LogP contribution in [0.3, 0.4) is 0 Å². The zero-order valence-electron chi connectivity index (χ0n) is 12.4. The number of aliphatic hydroxyl groups is 1. The van der Waals surface area contributed by atoms with Gasteiger partial charge in [0.15, 0.2) is 0 Å². The van der Waals surface area contributed by atoms with Crippen LogP contribution in [-0.2, 0) is 6.54 Å². The minimum atomic E-state index is -0.379. The lowest BCUT2D eigenvalue weighted by Gasteiger charge is -2.14. The van der Waals surface area contributed by atoms with Gasteiger partial charge in [-0.05, 0) is 25.1 Å². The second-order valence-electron chi connectivity index (χ2n) is 5.50. The highest BCUT2D eigenvalue weighted by Crippen LogP contribution is 2.28. The number of rotatable bonds is 6. The van der Waals surface area contributed by atoms with Crippen LogP contribution < -0.4 is 5.32 Å². The lowest BCUT2D eigenvalue weighted by molar-refractivity contribution is 0.154. The Bertz CT molecular complexity index is 679. The highest BCUT2D eigenvalue weighted by Gasteiger charge is 2.12. The average molecular weight is 282 g/mol. The zero-order chi connectivity index (χ0) is 14.7. The van der Waals surface area contributed by atoms with Gasteiger partial charge in [0.25, 0.3) is 0 Å². The number of aromatic nitrogens is 1. The molecule has 0 spiro atoms. The quantitative estimate of drug-likeness (QED) is 0.681. The van der Waals surface area contributed by atoms with Gasteiger partial charge in [0.1, 0.15) is 0 Å². The fraction of sp³-hybridized carbons (Fsp3) is 0.333. The predicted molar refractivity (Wildman–Crippen MR) is 88.6 cm³/mol. The SMILES string of the molecule is CCCNCC(O)Cn1c2ccccc2c2ccccc21. The third-order valence-electron chi connectivity index (χ3n) is 3.88. The van der Waals surface area contributed by atoms with E-state index in [4.69, 9.17) is 0 Å². The number of aliphatic hydroxyl groups excluding tert-OH is 1. The number of fused-ring (bicyclic) bond motifs is 3. The van der Waals surface area contributed by atoms with Crippen molar-refractivity contribution in [3.63, 3.8) is 0 Å². The van der Waals surface area contributed by atoms with Crippen molar-refractivity contribution in [2.75, 3.05) is 13.1 Å². The summed E-state index contributed by atoms with van der Waals surface area (Å²) in [7, 11) is 0. The molecular weight excluding hydrogens is 260 g/mol. The molecule has 3 nitrogen and oxygen atoms in total. The molecule has 0 aliphatic heterocycles. The van der Waals surface area contributed by atoms with Crippen molar-refractivity contribution in [3.05, 3.63) is 48.5 Å². The maximum Gasteiger partial charge on any atom is 0.0843 e. The van der Waals surface area contributed by atoms with Crippen LogP contribution in [0.5, 0.6) is 0 Å². The monoisotopic (exact) mass is 282 g/mol. The Morgan fingerprint density at radius 3 is 2.14 bits per heavy atom. The highest BCUT2D eigenvalue weighted by atomic mass is 16.3. The lowest BCUT2D eigenvalue weighted by Crippen LogP contribution is -2.30. The molecule has 0 fully saturated rings. The minimum absolute atomic E-state index is 0.379. The summed E-state index contributed by atoms with van der Waals surface area (Å²) in [4.78, 5) is 0. The van der Waals surface area contributed by atoms with E-state index in [9.17, 15) is 5.11 Å². The molecule has 21 heavy (non-hydrogen) atoms. The van der Waals surface area contributed by atoms with Crippen LogP contribution >= 0.6 is 0 Å².